The molecule has 2 aliphatic rings. The number of methoxy groups -OCH3 is 1. The minimum atomic E-state index is 0.0836. The zero-order chi connectivity index (χ0) is 11.6. The number of aliphatic imine (C=N–C) groups is 1. The van der Waals surface area contributed by atoms with Gasteiger partial charge >= 0.3 is 0 Å². The molecule has 92 valence electrons. The van der Waals surface area contributed by atoms with Gasteiger partial charge in [0.25, 0.3) is 0 Å². The summed E-state index contributed by atoms with van der Waals surface area (Å²) in [6, 6.07) is 0. The van der Waals surface area contributed by atoms with Gasteiger partial charge in [0.2, 0.25) is 0 Å². The summed E-state index contributed by atoms with van der Waals surface area (Å²) in [6.45, 7) is 5.22. The van der Waals surface area contributed by atoms with Crippen LogP contribution in [0, 0.1) is 0 Å². The molecule has 2 rings (SSSR count). The molecule has 2 unspecified atom stereocenters. The number of nitrogens with two attached hydrogens (primary N) is 1. The summed E-state index contributed by atoms with van der Waals surface area (Å²) in [4.78, 5) is 6.59. The first-order chi connectivity index (χ1) is 7.68. The van der Waals surface area contributed by atoms with E-state index in [0.717, 1.165) is 32.5 Å². The SMILES string of the molecule is COCCN1C(N)=NCC12CCOC(C)C2. The monoisotopic (exact) mass is 227 g/mol. The predicted octanol–water partition coefficient (Wildman–Crippen LogP) is 0.201. The Balaban J connectivity index is 2.07. The first-order valence-electron chi connectivity index (χ1n) is 5.86. The van der Waals surface area contributed by atoms with Crippen molar-refractivity contribution in [2.24, 2.45) is 10.7 Å². The molecule has 16 heavy (non-hydrogen) atoms. The van der Waals surface area contributed by atoms with Crippen LogP contribution in [0.5, 0.6) is 0 Å². The van der Waals surface area contributed by atoms with E-state index in [-0.39, 0.29) is 5.54 Å². The molecule has 2 aliphatic heterocycles. The predicted molar refractivity (Wildman–Crippen MR) is 62.5 cm³/mol. The van der Waals surface area contributed by atoms with Crippen molar-refractivity contribution in [1.29, 1.82) is 0 Å². The largest absolute Gasteiger partial charge is 0.383 e. The Morgan fingerprint density at radius 1 is 1.69 bits per heavy atom. The first kappa shape index (κ1) is 11.7. The third-order valence-electron chi connectivity index (χ3n) is 3.54. The van der Waals surface area contributed by atoms with Crippen LogP contribution in [0.1, 0.15) is 19.8 Å². The van der Waals surface area contributed by atoms with Crippen LogP contribution in [0.2, 0.25) is 0 Å². The molecule has 0 aromatic rings. The molecule has 0 bridgehead atoms. The smallest absolute Gasteiger partial charge is 0.191 e. The topological polar surface area (TPSA) is 60.1 Å². The molecule has 0 amide bonds. The summed E-state index contributed by atoms with van der Waals surface area (Å²) in [5.41, 5.74) is 6.03. The molecule has 5 nitrogen and oxygen atoms in total. The Morgan fingerprint density at radius 2 is 2.50 bits per heavy atom. The fourth-order valence-corrected chi connectivity index (χ4v) is 2.71. The molecule has 1 saturated heterocycles. The van der Waals surface area contributed by atoms with Crippen LogP contribution in [-0.2, 0) is 9.47 Å². The third kappa shape index (κ3) is 2.01. The molecular weight excluding hydrogens is 206 g/mol. The summed E-state index contributed by atoms with van der Waals surface area (Å²) < 4.78 is 10.7. The number of nitrogens with zero attached hydrogens (tertiary/aromatic N) is 2. The third-order valence-corrected chi connectivity index (χ3v) is 3.54. The fraction of sp³-hybridized carbons (Fsp3) is 0.909. The van der Waals surface area contributed by atoms with E-state index in [4.69, 9.17) is 15.2 Å². The van der Waals surface area contributed by atoms with E-state index in [0.29, 0.717) is 18.7 Å². The highest BCUT2D eigenvalue weighted by molar-refractivity contribution is 5.81. The van der Waals surface area contributed by atoms with Gasteiger partial charge in [-0.05, 0) is 19.8 Å². The Morgan fingerprint density at radius 3 is 3.19 bits per heavy atom. The molecule has 2 heterocycles. The quantitative estimate of drug-likeness (QED) is 0.748. The minimum absolute atomic E-state index is 0.0836. The maximum Gasteiger partial charge on any atom is 0.191 e. The average molecular weight is 227 g/mol. The van der Waals surface area contributed by atoms with Crippen molar-refractivity contribution in [1.82, 2.24) is 4.90 Å². The van der Waals surface area contributed by atoms with Crippen molar-refractivity contribution in [3.8, 4) is 0 Å². The first-order valence-corrected chi connectivity index (χ1v) is 5.86. The van der Waals surface area contributed by atoms with E-state index in [1.165, 1.54) is 0 Å². The maximum absolute atomic E-state index is 5.95. The molecule has 0 saturated carbocycles. The highest BCUT2D eigenvalue weighted by Gasteiger charge is 2.44. The number of ether oxygens (including phenoxy) is 2. The summed E-state index contributed by atoms with van der Waals surface area (Å²) in [6.07, 6.45) is 2.30. The Hall–Kier alpha value is -0.810. The summed E-state index contributed by atoms with van der Waals surface area (Å²) in [5.74, 6) is 0.658. The van der Waals surface area contributed by atoms with Gasteiger partial charge in [0.1, 0.15) is 0 Å². The zero-order valence-corrected chi connectivity index (χ0v) is 10.1. The second-order valence-electron chi connectivity index (χ2n) is 4.68. The van der Waals surface area contributed by atoms with Crippen molar-refractivity contribution >= 4 is 5.96 Å². The Bertz CT molecular complexity index is 282. The molecule has 1 fully saturated rings. The molecule has 5 heteroatoms. The Kier molecular flexibility index (Phi) is 3.35. The van der Waals surface area contributed by atoms with Crippen LogP contribution in [0.25, 0.3) is 0 Å². The van der Waals surface area contributed by atoms with Gasteiger partial charge in [-0.3, -0.25) is 4.99 Å². The lowest BCUT2D eigenvalue weighted by atomic mass is 9.86. The van der Waals surface area contributed by atoms with Crippen molar-refractivity contribution in [3.05, 3.63) is 0 Å². The van der Waals surface area contributed by atoms with Crippen LogP contribution in [0.15, 0.2) is 4.99 Å². The van der Waals surface area contributed by atoms with E-state index in [9.17, 15) is 0 Å². The zero-order valence-electron chi connectivity index (χ0n) is 10.1. The average Bonchev–Trinajstić information content (AvgIpc) is 2.53. The molecule has 0 radical (unpaired) electrons. The number of hydrogen-bond acceptors (Lipinski definition) is 5. The van der Waals surface area contributed by atoms with E-state index in [1.807, 2.05) is 0 Å². The number of hydrogen-bond donors (Lipinski definition) is 1. The highest BCUT2D eigenvalue weighted by Crippen LogP contribution is 2.34. The van der Waals surface area contributed by atoms with Gasteiger partial charge in [0, 0.05) is 20.3 Å². The van der Waals surface area contributed by atoms with Gasteiger partial charge < -0.3 is 20.1 Å². The maximum atomic E-state index is 5.95. The van der Waals surface area contributed by atoms with Crippen LogP contribution >= 0.6 is 0 Å². The summed E-state index contributed by atoms with van der Waals surface area (Å²) >= 11 is 0. The lowest BCUT2D eigenvalue weighted by molar-refractivity contribution is -0.0414. The van der Waals surface area contributed by atoms with Gasteiger partial charge in [-0.2, -0.15) is 0 Å². The van der Waals surface area contributed by atoms with Gasteiger partial charge in [-0.25, -0.2) is 0 Å². The fourth-order valence-electron chi connectivity index (χ4n) is 2.71. The van der Waals surface area contributed by atoms with Gasteiger partial charge in [0.05, 0.1) is 24.8 Å². The number of rotatable bonds is 3. The van der Waals surface area contributed by atoms with Crippen molar-refractivity contribution in [2.45, 2.75) is 31.4 Å². The minimum Gasteiger partial charge on any atom is -0.383 e. The standard InChI is InChI=1S/C11H21N3O2/c1-9-7-11(3-5-16-9)8-13-10(12)14(11)4-6-15-2/h9H,3-8H2,1-2H3,(H2,12,13). The van der Waals surface area contributed by atoms with Crippen LogP contribution in [0.4, 0.5) is 0 Å². The van der Waals surface area contributed by atoms with Gasteiger partial charge in [-0.1, -0.05) is 0 Å². The molecule has 0 aromatic heterocycles. The van der Waals surface area contributed by atoms with E-state index >= 15 is 0 Å². The van der Waals surface area contributed by atoms with Crippen LogP contribution < -0.4 is 5.73 Å². The molecule has 0 aliphatic carbocycles. The second kappa shape index (κ2) is 4.59. The highest BCUT2D eigenvalue weighted by atomic mass is 16.5. The van der Waals surface area contributed by atoms with Crippen LogP contribution in [-0.4, -0.2) is 55.9 Å². The lowest BCUT2D eigenvalue weighted by Gasteiger charge is -2.43. The second-order valence-corrected chi connectivity index (χ2v) is 4.68. The molecule has 2 N–H and O–H groups in total. The van der Waals surface area contributed by atoms with Crippen molar-refractivity contribution in [2.75, 3.05) is 33.4 Å². The van der Waals surface area contributed by atoms with Crippen molar-refractivity contribution < 1.29 is 9.47 Å². The molecule has 2 atom stereocenters. The van der Waals surface area contributed by atoms with Crippen molar-refractivity contribution in [3.63, 3.8) is 0 Å². The normalized spacial score (nSPS) is 34.5. The number of guanidine groups is 1. The molecule has 0 aromatic carbocycles. The Labute approximate surface area is 96.6 Å². The molecule has 1 spiro atoms. The van der Waals surface area contributed by atoms with Gasteiger partial charge in [-0.15, -0.1) is 0 Å². The van der Waals surface area contributed by atoms with Crippen LogP contribution in [0.3, 0.4) is 0 Å². The van der Waals surface area contributed by atoms with E-state index in [2.05, 4.69) is 16.8 Å². The van der Waals surface area contributed by atoms with E-state index in [1.54, 1.807) is 7.11 Å². The summed E-state index contributed by atoms with van der Waals surface area (Å²) in [5, 5.41) is 0. The summed E-state index contributed by atoms with van der Waals surface area (Å²) in [7, 11) is 1.71. The molecular formula is C11H21N3O2. The van der Waals surface area contributed by atoms with E-state index < -0.39 is 0 Å². The lowest BCUT2D eigenvalue weighted by Crippen LogP contribution is -2.56. The van der Waals surface area contributed by atoms with Gasteiger partial charge in [0.15, 0.2) is 5.96 Å².